The van der Waals surface area contributed by atoms with Gasteiger partial charge in [-0.2, -0.15) is 0 Å². The molecule has 0 radical (unpaired) electrons. The molecule has 1 rings (SSSR count). The SMILES string of the molecule is CC(N)C(=O)NC(CCC(=O)O)C(=O)N1CCCC1C(=O)NCC(=O)O. The summed E-state index contributed by atoms with van der Waals surface area (Å²) in [4.78, 5) is 59.3. The van der Waals surface area contributed by atoms with E-state index in [2.05, 4.69) is 10.6 Å². The van der Waals surface area contributed by atoms with Crippen molar-refractivity contribution in [1.29, 1.82) is 0 Å². The molecule has 0 aromatic heterocycles. The number of nitrogens with one attached hydrogen (secondary N) is 2. The molecule has 6 N–H and O–H groups in total. The smallest absolute Gasteiger partial charge is 0.322 e. The van der Waals surface area contributed by atoms with Gasteiger partial charge in [0, 0.05) is 13.0 Å². The molecule has 1 saturated heterocycles. The van der Waals surface area contributed by atoms with Crippen molar-refractivity contribution in [2.24, 2.45) is 5.73 Å². The first kappa shape index (κ1) is 21.4. The Bertz CT molecular complexity index is 578. The molecule has 0 aromatic rings. The zero-order valence-electron chi connectivity index (χ0n) is 14.4. The van der Waals surface area contributed by atoms with Crippen molar-refractivity contribution in [2.45, 2.75) is 50.7 Å². The van der Waals surface area contributed by atoms with Gasteiger partial charge >= 0.3 is 11.9 Å². The molecule has 0 saturated carbocycles. The lowest BCUT2D eigenvalue weighted by Crippen LogP contribution is -2.55. The summed E-state index contributed by atoms with van der Waals surface area (Å²) in [6.45, 7) is 1.11. The van der Waals surface area contributed by atoms with Crippen LogP contribution in [0.1, 0.15) is 32.6 Å². The van der Waals surface area contributed by atoms with Crippen LogP contribution in [0.3, 0.4) is 0 Å². The molecule has 1 aliphatic rings. The number of carbonyl (C=O) groups excluding carboxylic acids is 3. The molecular formula is C15H24N4O7. The summed E-state index contributed by atoms with van der Waals surface area (Å²) in [6.07, 6.45) is 0.389. The minimum absolute atomic E-state index is 0.146. The zero-order chi connectivity index (χ0) is 19.9. The van der Waals surface area contributed by atoms with E-state index < -0.39 is 54.3 Å². The molecule has 11 nitrogen and oxygen atoms in total. The first-order valence-electron chi connectivity index (χ1n) is 8.21. The van der Waals surface area contributed by atoms with Gasteiger partial charge in [0.05, 0.1) is 6.04 Å². The maximum Gasteiger partial charge on any atom is 0.322 e. The molecule has 11 heteroatoms. The molecule has 0 aliphatic carbocycles. The van der Waals surface area contributed by atoms with Crippen molar-refractivity contribution in [3.63, 3.8) is 0 Å². The summed E-state index contributed by atoms with van der Waals surface area (Å²) in [7, 11) is 0. The van der Waals surface area contributed by atoms with Gasteiger partial charge in [-0.25, -0.2) is 0 Å². The molecule has 1 fully saturated rings. The third-order valence-electron chi connectivity index (χ3n) is 3.93. The molecule has 3 amide bonds. The molecule has 1 aliphatic heterocycles. The van der Waals surface area contributed by atoms with E-state index in [0.717, 1.165) is 0 Å². The van der Waals surface area contributed by atoms with E-state index in [4.69, 9.17) is 15.9 Å². The van der Waals surface area contributed by atoms with Gasteiger partial charge in [-0.05, 0) is 26.2 Å². The summed E-state index contributed by atoms with van der Waals surface area (Å²) in [5.74, 6) is -4.14. The number of amides is 3. The summed E-state index contributed by atoms with van der Waals surface area (Å²) >= 11 is 0. The summed E-state index contributed by atoms with van der Waals surface area (Å²) in [5.41, 5.74) is 5.46. The minimum atomic E-state index is -1.21. The largest absolute Gasteiger partial charge is 0.481 e. The van der Waals surface area contributed by atoms with Crippen LogP contribution in [0.25, 0.3) is 0 Å². The quantitative estimate of drug-likeness (QED) is 0.304. The fourth-order valence-corrected chi connectivity index (χ4v) is 2.61. The van der Waals surface area contributed by atoms with E-state index in [0.29, 0.717) is 12.8 Å². The van der Waals surface area contributed by atoms with Crippen molar-refractivity contribution in [1.82, 2.24) is 15.5 Å². The Morgan fingerprint density at radius 3 is 2.38 bits per heavy atom. The monoisotopic (exact) mass is 372 g/mol. The molecule has 3 atom stereocenters. The van der Waals surface area contributed by atoms with Gasteiger partial charge in [0.15, 0.2) is 0 Å². The van der Waals surface area contributed by atoms with E-state index in [1.165, 1.54) is 11.8 Å². The Morgan fingerprint density at radius 2 is 1.85 bits per heavy atom. The van der Waals surface area contributed by atoms with Crippen molar-refractivity contribution < 1.29 is 34.2 Å². The second-order valence-electron chi connectivity index (χ2n) is 6.08. The number of carbonyl (C=O) groups is 5. The van der Waals surface area contributed by atoms with Crippen LogP contribution in [0.4, 0.5) is 0 Å². The van der Waals surface area contributed by atoms with Gasteiger partial charge in [-0.1, -0.05) is 0 Å². The number of carboxylic acid groups (broad SMARTS) is 2. The molecule has 0 spiro atoms. The normalized spacial score (nSPS) is 18.7. The van der Waals surface area contributed by atoms with E-state index in [-0.39, 0.29) is 19.4 Å². The van der Waals surface area contributed by atoms with Crippen molar-refractivity contribution in [3.05, 3.63) is 0 Å². The second-order valence-corrected chi connectivity index (χ2v) is 6.08. The average molecular weight is 372 g/mol. The molecule has 0 aromatic carbocycles. The van der Waals surface area contributed by atoms with Crippen LogP contribution in [0.15, 0.2) is 0 Å². The fraction of sp³-hybridized carbons (Fsp3) is 0.667. The number of aliphatic carboxylic acids is 2. The van der Waals surface area contributed by atoms with E-state index in [9.17, 15) is 24.0 Å². The summed E-state index contributed by atoms with van der Waals surface area (Å²) < 4.78 is 0. The number of likely N-dealkylation sites (tertiary alicyclic amines) is 1. The number of nitrogens with two attached hydrogens (primary N) is 1. The molecule has 3 unspecified atom stereocenters. The maximum atomic E-state index is 12.8. The van der Waals surface area contributed by atoms with Crippen LogP contribution in [0, 0.1) is 0 Å². The molecule has 1 heterocycles. The first-order chi connectivity index (χ1) is 12.1. The van der Waals surface area contributed by atoms with Gasteiger partial charge < -0.3 is 31.5 Å². The predicted molar refractivity (Wildman–Crippen MR) is 87.8 cm³/mol. The fourth-order valence-electron chi connectivity index (χ4n) is 2.61. The van der Waals surface area contributed by atoms with E-state index in [1.807, 2.05) is 0 Å². The summed E-state index contributed by atoms with van der Waals surface area (Å²) in [6, 6.07) is -2.87. The van der Waals surface area contributed by atoms with Gasteiger partial charge in [-0.3, -0.25) is 24.0 Å². The molecule has 26 heavy (non-hydrogen) atoms. The lowest BCUT2D eigenvalue weighted by molar-refractivity contribution is -0.143. The van der Waals surface area contributed by atoms with Crippen LogP contribution in [-0.2, 0) is 24.0 Å². The van der Waals surface area contributed by atoms with Crippen LogP contribution < -0.4 is 16.4 Å². The zero-order valence-corrected chi connectivity index (χ0v) is 14.4. The maximum absolute atomic E-state index is 12.8. The predicted octanol–water partition coefficient (Wildman–Crippen LogP) is -2.12. The topological polar surface area (TPSA) is 179 Å². The number of carboxylic acids is 2. The lowest BCUT2D eigenvalue weighted by Gasteiger charge is -2.28. The Balaban J connectivity index is 2.85. The van der Waals surface area contributed by atoms with Gasteiger partial charge in [0.2, 0.25) is 17.7 Å². The Hall–Kier alpha value is -2.69. The average Bonchev–Trinajstić information content (AvgIpc) is 3.04. The van der Waals surface area contributed by atoms with E-state index in [1.54, 1.807) is 0 Å². The van der Waals surface area contributed by atoms with Crippen molar-refractivity contribution in [2.75, 3.05) is 13.1 Å². The molecular weight excluding hydrogens is 348 g/mol. The highest BCUT2D eigenvalue weighted by Gasteiger charge is 2.37. The second kappa shape index (κ2) is 9.70. The number of rotatable bonds is 9. The molecule has 0 bridgehead atoms. The Kier molecular flexibility index (Phi) is 7.97. The Labute approximate surface area is 149 Å². The number of hydrogen-bond acceptors (Lipinski definition) is 6. The highest BCUT2D eigenvalue weighted by Crippen LogP contribution is 2.19. The standard InChI is InChI=1S/C15H24N4O7/c1-8(16)13(24)18-9(4-5-11(20)21)15(26)19-6-2-3-10(19)14(25)17-7-12(22)23/h8-10H,2-7,16H2,1H3,(H,17,25)(H,18,24)(H,20,21)(H,22,23). The Morgan fingerprint density at radius 1 is 1.19 bits per heavy atom. The molecule has 146 valence electrons. The number of hydrogen-bond donors (Lipinski definition) is 5. The first-order valence-corrected chi connectivity index (χ1v) is 8.21. The number of nitrogens with zero attached hydrogens (tertiary/aromatic N) is 1. The van der Waals surface area contributed by atoms with Gasteiger partial charge in [-0.15, -0.1) is 0 Å². The van der Waals surface area contributed by atoms with Crippen LogP contribution >= 0.6 is 0 Å². The van der Waals surface area contributed by atoms with E-state index >= 15 is 0 Å². The minimum Gasteiger partial charge on any atom is -0.481 e. The lowest BCUT2D eigenvalue weighted by atomic mass is 10.1. The third kappa shape index (κ3) is 6.31. The third-order valence-corrected chi connectivity index (χ3v) is 3.93. The van der Waals surface area contributed by atoms with Crippen LogP contribution in [0.5, 0.6) is 0 Å². The summed E-state index contributed by atoms with van der Waals surface area (Å²) in [5, 5.41) is 22.1. The van der Waals surface area contributed by atoms with Gasteiger partial charge in [0.25, 0.3) is 0 Å². The highest BCUT2D eigenvalue weighted by atomic mass is 16.4. The highest BCUT2D eigenvalue weighted by molar-refractivity contribution is 5.94. The van der Waals surface area contributed by atoms with Gasteiger partial charge in [0.1, 0.15) is 18.6 Å². The van der Waals surface area contributed by atoms with Crippen molar-refractivity contribution >= 4 is 29.7 Å². The van der Waals surface area contributed by atoms with Crippen LogP contribution in [-0.4, -0.2) is 76.0 Å². The van der Waals surface area contributed by atoms with Crippen molar-refractivity contribution in [3.8, 4) is 0 Å². The van der Waals surface area contributed by atoms with Crippen LogP contribution in [0.2, 0.25) is 0 Å².